The molecule has 0 saturated carbocycles. The normalized spacial score (nSPS) is 11.5. The van der Waals surface area contributed by atoms with Crippen LogP contribution in [0.25, 0.3) is 15.9 Å². The van der Waals surface area contributed by atoms with Crippen LogP contribution >= 0.6 is 11.3 Å². The second kappa shape index (κ2) is 3.40. The molecule has 0 radical (unpaired) electrons. The third-order valence-electron chi connectivity index (χ3n) is 3.16. The van der Waals surface area contributed by atoms with Gasteiger partial charge in [0.05, 0.1) is 10.9 Å². The molecule has 0 fully saturated rings. The molecule has 17 heavy (non-hydrogen) atoms. The fraction of sp³-hybridized carbons (Fsp3) is 0.231. The van der Waals surface area contributed by atoms with Crippen molar-refractivity contribution in [3.05, 3.63) is 44.7 Å². The van der Waals surface area contributed by atoms with E-state index in [1.807, 2.05) is 39.0 Å². The Bertz CT molecular complexity index is 798. The molecular formula is C13H12N2OS. The summed E-state index contributed by atoms with van der Waals surface area (Å²) < 4.78 is 1.72. The van der Waals surface area contributed by atoms with E-state index in [1.54, 1.807) is 15.7 Å². The molecule has 0 aliphatic rings. The minimum atomic E-state index is 0.0463. The van der Waals surface area contributed by atoms with E-state index < -0.39 is 0 Å². The van der Waals surface area contributed by atoms with E-state index in [2.05, 4.69) is 4.98 Å². The van der Waals surface area contributed by atoms with Gasteiger partial charge in [-0.2, -0.15) is 0 Å². The first kappa shape index (κ1) is 10.5. The maximum atomic E-state index is 12.5. The maximum Gasteiger partial charge on any atom is 0.266 e. The minimum absolute atomic E-state index is 0.0463. The lowest BCUT2D eigenvalue weighted by Gasteiger charge is -2.02. The average molecular weight is 244 g/mol. The molecule has 0 amide bonds. The third-order valence-corrected chi connectivity index (χ3v) is 4.22. The van der Waals surface area contributed by atoms with Gasteiger partial charge < -0.3 is 0 Å². The molecule has 4 heteroatoms. The summed E-state index contributed by atoms with van der Waals surface area (Å²) in [7, 11) is 0. The number of hydrogen-bond acceptors (Lipinski definition) is 3. The lowest BCUT2D eigenvalue weighted by atomic mass is 10.1. The molecule has 0 bridgehead atoms. The molecular weight excluding hydrogens is 232 g/mol. The summed E-state index contributed by atoms with van der Waals surface area (Å²) in [5.74, 6) is 0. The third kappa shape index (κ3) is 1.34. The highest BCUT2D eigenvalue weighted by molar-refractivity contribution is 7.17. The van der Waals surface area contributed by atoms with E-state index in [0.717, 1.165) is 32.0 Å². The summed E-state index contributed by atoms with van der Waals surface area (Å²) in [6.45, 7) is 5.93. The van der Waals surface area contributed by atoms with Crippen LogP contribution in [0, 0.1) is 20.8 Å². The van der Waals surface area contributed by atoms with Gasteiger partial charge in [0.2, 0.25) is 0 Å². The Kier molecular flexibility index (Phi) is 2.10. The van der Waals surface area contributed by atoms with Crippen molar-refractivity contribution < 1.29 is 0 Å². The van der Waals surface area contributed by atoms with Gasteiger partial charge in [-0.25, -0.2) is 4.98 Å². The first-order valence-electron chi connectivity index (χ1n) is 5.47. The Morgan fingerprint density at radius 1 is 1.24 bits per heavy atom. The smallest absolute Gasteiger partial charge is 0.266 e. The Morgan fingerprint density at radius 3 is 2.76 bits per heavy atom. The topological polar surface area (TPSA) is 34.4 Å². The number of hydrogen-bond donors (Lipinski definition) is 0. The SMILES string of the molecule is Cc1sc2nc3cccc(C)c3c(=O)n2c1C. The lowest BCUT2D eigenvalue weighted by Crippen LogP contribution is -2.16. The molecule has 2 aromatic heterocycles. The quantitative estimate of drug-likeness (QED) is 0.609. The van der Waals surface area contributed by atoms with Crippen molar-refractivity contribution in [3.63, 3.8) is 0 Å². The predicted octanol–water partition coefficient (Wildman–Crippen LogP) is 2.83. The second-order valence-corrected chi connectivity index (χ2v) is 5.43. The molecule has 0 aliphatic carbocycles. The van der Waals surface area contributed by atoms with Crippen molar-refractivity contribution in [2.24, 2.45) is 0 Å². The summed E-state index contributed by atoms with van der Waals surface area (Å²) >= 11 is 1.57. The Balaban J connectivity index is 2.68. The van der Waals surface area contributed by atoms with Crippen LogP contribution < -0.4 is 5.56 Å². The zero-order valence-corrected chi connectivity index (χ0v) is 10.8. The van der Waals surface area contributed by atoms with E-state index in [9.17, 15) is 4.79 Å². The van der Waals surface area contributed by atoms with Gasteiger partial charge in [-0.15, -0.1) is 11.3 Å². The van der Waals surface area contributed by atoms with Gasteiger partial charge in [-0.3, -0.25) is 9.20 Å². The zero-order valence-electron chi connectivity index (χ0n) is 9.94. The maximum absolute atomic E-state index is 12.5. The Labute approximate surface area is 102 Å². The van der Waals surface area contributed by atoms with Crippen LogP contribution in [0.15, 0.2) is 23.0 Å². The number of aryl methyl sites for hydroxylation is 3. The highest BCUT2D eigenvalue weighted by Gasteiger charge is 2.12. The van der Waals surface area contributed by atoms with Crippen molar-refractivity contribution >= 4 is 27.2 Å². The summed E-state index contributed by atoms with van der Waals surface area (Å²) in [6, 6.07) is 5.79. The highest BCUT2D eigenvalue weighted by atomic mass is 32.1. The molecule has 0 saturated heterocycles. The Hall–Kier alpha value is -1.68. The van der Waals surface area contributed by atoms with Gasteiger partial charge in [0.25, 0.3) is 5.56 Å². The van der Waals surface area contributed by atoms with Crippen LogP contribution in [0.4, 0.5) is 0 Å². The fourth-order valence-corrected chi connectivity index (χ4v) is 3.08. The van der Waals surface area contributed by atoms with Crippen molar-refractivity contribution in [1.29, 1.82) is 0 Å². The van der Waals surface area contributed by atoms with E-state index in [4.69, 9.17) is 0 Å². The number of nitrogens with zero attached hydrogens (tertiary/aromatic N) is 2. The molecule has 0 aliphatic heterocycles. The van der Waals surface area contributed by atoms with Crippen molar-refractivity contribution in [1.82, 2.24) is 9.38 Å². The van der Waals surface area contributed by atoms with Crippen molar-refractivity contribution in [3.8, 4) is 0 Å². The van der Waals surface area contributed by atoms with Crippen LogP contribution in [0.1, 0.15) is 16.1 Å². The van der Waals surface area contributed by atoms with E-state index in [-0.39, 0.29) is 5.56 Å². The van der Waals surface area contributed by atoms with E-state index >= 15 is 0 Å². The molecule has 1 aromatic carbocycles. The molecule has 0 spiro atoms. The molecule has 3 nitrogen and oxygen atoms in total. The largest absolute Gasteiger partial charge is 0.268 e. The number of rotatable bonds is 0. The van der Waals surface area contributed by atoms with Gasteiger partial charge in [-0.1, -0.05) is 12.1 Å². The molecule has 0 atom stereocenters. The molecule has 2 heterocycles. The zero-order chi connectivity index (χ0) is 12.2. The molecule has 86 valence electrons. The highest BCUT2D eigenvalue weighted by Crippen LogP contribution is 2.21. The lowest BCUT2D eigenvalue weighted by molar-refractivity contribution is 1.03. The molecule has 0 N–H and O–H groups in total. The fourth-order valence-electron chi connectivity index (χ4n) is 2.11. The molecule has 0 unspecified atom stereocenters. The van der Waals surface area contributed by atoms with Gasteiger partial charge in [0.1, 0.15) is 0 Å². The number of thiazole rings is 1. The molecule has 3 rings (SSSR count). The van der Waals surface area contributed by atoms with Crippen LogP contribution in [-0.2, 0) is 0 Å². The molecule has 3 aromatic rings. The van der Waals surface area contributed by atoms with Crippen LogP contribution in [0.3, 0.4) is 0 Å². The second-order valence-electron chi connectivity index (χ2n) is 4.25. The van der Waals surface area contributed by atoms with Crippen LogP contribution in [-0.4, -0.2) is 9.38 Å². The van der Waals surface area contributed by atoms with Gasteiger partial charge in [0.15, 0.2) is 4.96 Å². The summed E-state index contributed by atoms with van der Waals surface area (Å²) in [4.78, 5) is 19.0. The van der Waals surface area contributed by atoms with E-state index in [1.165, 1.54) is 0 Å². The Morgan fingerprint density at radius 2 is 2.00 bits per heavy atom. The monoisotopic (exact) mass is 244 g/mol. The number of aromatic nitrogens is 2. The van der Waals surface area contributed by atoms with Crippen LogP contribution in [0.5, 0.6) is 0 Å². The predicted molar refractivity (Wildman–Crippen MR) is 71.1 cm³/mol. The minimum Gasteiger partial charge on any atom is -0.268 e. The van der Waals surface area contributed by atoms with Gasteiger partial charge in [-0.05, 0) is 32.4 Å². The van der Waals surface area contributed by atoms with Crippen LogP contribution in [0.2, 0.25) is 0 Å². The first-order valence-corrected chi connectivity index (χ1v) is 6.29. The first-order chi connectivity index (χ1) is 8.09. The van der Waals surface area contributed by atoms with Crippen molar-refractivity contribution in [2.45, 2.75) is 20.8 Å². The summed E-state index contributed by atoms with van der Waals surface area (Å²) in [6.07, 6.45) is 0. The van der Waals surface area contributed by atoms with E-state index in [0.29, 0.717) is 0 Å². The van der Waals surface area contributed by atoms with Gasteiger partial charge >= 0.3 is 0 Å². The summed E-state index contributed by atoms with van der Waals surface area (Å²) in [5.41, 5.74) is 2.81. The number of fused-ring (bicyclic) bond motifs is 2. The number of benzene rings is 1. The van der Waals surface area contributed by atoms with Gasteiger partial charge in [0, 0.05) is 10.6 Å². The van der Waals surface area contributed by atoms with Crippen molar-refractivity contribution in [2.75, 3.05) is 0 Å². The summed E-state index contributed by atoms with van der Waals surface area (Å²) in [5, 5.41) is 0.728. The average Bonchev–Trinajstić information content (AvgIpc) is 2.55. The standard InChI is InChI=1S/C13H12N2OS/c1-7-5-4-6-10-11(7)12(16)15-8(2)9(3)17-13(15)14-10/h4-6H,1-3H3.